The average molecular weight is 231 g/mol. The van der Waals surface area contributed by atoms with Crippen LogP contribution in [0, 0.1) is 0 Å². The smallest absolute Gasteiger partial charge is 0.317 e. The summed E-state index contributed by atoms with van der Waals surface area (Å²) in [6.07, 6.45) is 2.35. The Labute approximate surface area is 96.2 Å². The fraction of sp³-hybridized carbons (Fsp3) is 0.909. The number of aliphatic carboxylic acids is 1. The molecule has 0 aromatic carbocycles. The molecule has 0 aromatic heterocycles. The molecular formula is C11H21NO2S. The zero-order valence-corrected chi connectivity index (χ0v) is 10.6. The molecule has 15 heavy (non-hydrogen) atoms. The van der Waals surface area contributed by atoms with Gasteiger partial charge in [0, 0.05) is 17.3 Å². The lowest BCUT2D eigenvalue weighted by molar-refractivity contribution is -0.140. The molecule has 1 N–H and O–H groups in total. The summed E-state index contributed by atoms with van der Waals surface area (Å²) >= 11 is 1.94. The number of nitrogens with zero attached hydrogens (tertiary/aromatic N) is 1. The van der Waals surface area contributed by atoms with E-state index in [0.29, 0.717) is 6.04 Å². The van der Waals surface area contributed by atoms with E-state index in [1.165, 1.54) is 12.2 Å². The van der Waals surface area contributed by atoms with Crippen LogP contribution in [0.15, 0.2) is 0 Å². The van der Waals surface area contributed by atoms with E-state index in [2.05, 4.69) is 25.7 Å². The molecule has 0 aliphatic carbocycles. The number of hydrogen-bond acceptors (Lipinski definition) is 3. The van der Waals surface area contributed by atoms with E-state index in [0.717, 1.165) is 12.2 Å². The largest absolute Gasteiger partial charge is 0.480 e. The summed E-state index contributed by atoms with van der Waals surface area (Å²) in [6, 6.07) is 0.430. The Morgan fingerprint density at radius 3 is 2.60 bits per heavy atom. The van der Waals surface area contributed by atoms with Crippen LogP contribution < -0.4 is 0 Å². The van der Waals surface area contributed by atoms with E-state index < -0.39 is 5.97 Å². The van der Waals surface area contributed by atoms with Gasteiger partial charge in [-0.3, -0.25) is 9.69 Å². The minimum atomic E-state index is -0.722. The minimum absolute atomic E-state index is 0.0546. The van der Waals surface area contributed by atoms with E-state index in [1.807, 2.05) is 11.8 Å². The molecule has 1 aliphatic heterocycles. The number of carbonyl (C=O) groups is 1. The average Bonchev–Trinajstić information content (AvgIpc) is 2.14. The highest BCUT2D eigenvalue weighted by Crippen LogP contribution is 2.26. The summed E-state index contributed by atoms with van der Waals surface area (Å²) < 4.78 is 0. The lowest BCUT2D eigenvalue weighted by atomic mass is 10.0. The van der Waals surface area contributed by atoms with Crippen molar-refractivity contribution in [2.75, 3.05) is 18.1 Å². The third-order valence-electron chi connectivity index (χ3n) is 2.74. The Kier molecular flexibility index (Phi) is 4.46. The molecule has 0 bridgehead atoms. The van der Waals surface area contributed by atoms with Gasteiger partial charge in [0.05, 0.1) is 6.54 Å². The van der Waals surface area contributed by atoms with Crippen LogP contribution in [-0.2, 0) is 4.79 Å². The Morgan fingerprint density at radius 1 is 1.53 bits per heavy atom. The summed E-state index contributed by atoms with van der Waals surface area (Å²) in [7, 11) is 0. The topological polar surface area (TPSA) is 40.5 Å². The van der Waals surface area contributed by atoms with Gasteiger partial charge in [-0.25, -0.2) is 0 Å². The summed E-state index contributed by atoms with van der Waals surface area (Å²) in [6.45, 7) is 6.44. The van der Waals surface area contributed by atoms with Gasteiger partial charge in [-0.1, -0.05) is 0 Å². The standard InChI is InChI=1S/C11H21NO2S/c1-11(2,3)12(7-10(13)14)9-5-4-6-15-8-9/h9H,4-8H2,1-3H3,(H,13,14). The summed E-state index contributed by atoms with van der Waals surface area (Å²) in [5.41, 5.74) is -0.0546. The van der Waals surface area contributed by atoms with Gasteiger partial charge in [0.15, 0.2) is 0 Å². The molecule has 0 saturated carbocycles. The van der Waals surface area contributed by atoms with Crippen LogP contribution in [-0.4, -0.2) is 45.6 Å². The Balaban J connectivity index is 2.66. The number of hydrogen-bond donors (Lipinski definition) is 1. The second-order valence-electron chi connectivity index (χ2n) is 5.06. The van der Waals surface area contributed by atoms with Crippen molar-refractivity contribution in [1.82, 2.24) is 4.90 Å². The first-order chi connectivity index (χ1) is 6.91. The third kappa shape index (κ3) is 4.03. The van der Waals surface area contributed by atoms with E-state index >= 15 is 0 Å². The molecule has 0 aromatic rings. The molecular weight excluding hydrogens is 210 g/mol. The molecule has 1 fully saturated rings. The molecule has 0 amide bonds. The number of rotatable bonds is 3. The van der Waals surface area contributed by atoms with E-state index in [1.54, 1.807) is 0 Å². The zero-order chi connectivity index (χ0) is 11.5. The Hall–Kier alpha value is -0.220. The first-order valence-corrected chi connectivity index (χ1v) is 6.63. The molecule has 1 atom stereocenters. The zero-order valence-electron chi connectivity index (χ0n) is 9.82. The SMILES string of the molecule is CC(C)(C)N(CC(=O)O)C1CCCSC1. The predicted octanol–water partition coefficient (Wildman–Crippen LogP) is 2.07. The Morgan fingerprint density at radius 2 is 2.20 bits per heavy atom. The summed E-state index contributed by atoms with van der Waals surface area (Å²) in [4.78, 5) is 13.0. The van der Waals surface area contributed by atoms with E-state index in [-0.39, 0.29) is 12.1 Å². The maximum absolute atomic E-state index is 10.9. The van der Waals surface area contributed by atoms with Crippen LogP contribution in [0.25, 0.3) is 0 Å². The summed E-state index contributed by atoms with van der Waals surface area (Å²) in [5.74, 6) is 1.58. The minimum Gasteiger partial charge on any atom is -0.480 e. The monoisotopic (exact) mass is 231 g/mol. The van der Waals surface area contributed by atoms with Crippen LogP contribution >= 0.6 is 11.8 Å². The molecule has 1 aliphatic rings. The van der Waals surface area contributed by atoms with Crippen LogP contribution in [0.3, 0.4) is 0 Å². The maximum atomic E-state index is 10.9. The lowest BCUT2D eigenvalue weighted by Gasteiger charge is -2.42. The highest BCUT2D eigenvalue weighted by atomic mass is 32.2. The quantitative estimate of drug-likeness (QED) is 0.807. The molecule has 4 heteroatoms. The van der Waals surface area contributed by atoms with Gasteiger partial charge in [-0.2, -0.15) is 11.8 Å². The van der Waals surface area contributed by atoms with Crippen LogP contribution in [0.2, 0.25) is 0 Å². The second kappa shape index (κ2) is 5.21. The third-order valence-corrected chi connectivity index (χ3v) is 3.94. The van der Waals surface area contributed by atoms with Gasteiger partial charge in [-0.05, 0) is 39.4 Å². The normalized spacial score (nSPS) is 23.1. The van der Waals surface area contributed by atoms with Gasteiger partial charge in [0.25, 0.3) is 0 Å². The van der Waals surface area contributed by atoms with Gasteiger partial charge < -0.3 is 5.11 Å². The number of thioether (sulfide) groups is 1. The fourth-order valence-electron chi connectivity index (χ4n) is 2.03. The van der Waals surface area contributed by atoms with Crippen molar-refractivity contribution in [2.24, 2.45) is 0 Å². The fourth-order valence-corrected chi connectivity index (χ4v) is 3.19. The molecule has 0 spiro atoms. The molecule has 1 rings (SSSR count). The maximum Gasteiger partial charge on any atom is 0.317 e. The first kappa shape index (κ1) is 12.8. The van der Waals surface area contributed by atoms with Crippen LogP contribution in [0.1, 0.15) is 33.6 Å². The molecule has 1 saturated heterocycles. The van der Waals surface area contributed by atoms with Gasteiger partial charge >= 0.3 is 5.97 Å². The highest BCUT2D eigenvalue weighted by Gasteiger charge is 2.31. The van der Waals surface area contributed by atoms with E-state index in [9.17, 15) is 4.79 Å². The number of carboxylic acids is 1. The molecule has 3 nitrogen and oxygen atoms in total. The van der Waals surface area contributed by atoms with Gasteiger partial charge in [-0.15, -0.1) is 0 Å². The highest BCUT2D eigenvalue weighted by molar-refractivity contribution is 7.99. The van der Waals surface area contributed by atoms with Crippen molar-refractivity contribution in [3.63, 3.8) is 0 Å². The second-order valence-corrected chi connectivity index (χ2v) is 6.21. The van der Waals surface area contributed by atoms with Gasteiger partial charge in [0.2, 0.25) is 0 Å². The van der Waals surface area contributed by atoms with Crippen LogP contribution in [0.5, 0.6) is 0 Å². The lowest BCUT2D eigenvalue weighted by Crippen LogP contribution is -2.52. The molecule has 1 heterocycles. The molecule has 0 radical (unpaired) electrons. The predicted molar refractivity (Wildman–Crippen MR) is 64.4 cm³/mol. The van der Waals surface area contributed by atoms with Crippen LogP contribution in [0.4, 0.5) is 0 Å². The molecule has 88 valence electrons. The first-order valence-electron chi connectivity index (χ1n) is 5.47. The van der Waals surface area contributed by atoms with E-state index in [4.69, 9.17) is 5.11 Å². The van der Waals surface area contributed by atoms with Crippen molar-refractivity contribution in [1.29, 1.82) is 0 Å². The van der Waals surface area contributed by atoms with Crippen molar-refractivity contribution in [3.8, 4) is 0 Å². The van der Waals surface area contributed by atoms with Crippen molar-refractivity contribution < 1.29 is 9.90 Å². The van der Waals surface area contributed by atoms with Crippen molar-refractivity contribution in [3.05, 3.63) is 0 Å². The van der Waals surface area contributed by atoms with Crippen molar-refractivity contribution in [2.45, 2.75) is 45.2 Å². The Bertz CT molecular complexity index is 219. The van der Waals surface area contributed by atoms with Crippen molar-refractivity contribution >= 4 is 17.7 Å². The summed E-state index contributed by atoms with van der Waals surface area (Å²) in [5, 5.41) is 8.93. The number of carboxylic acid groups (broad SMARTS) is 1. The molecule has 1 unspecified atom stereocenters. The van der Waals surface area contributed by atoms with Gasteiger partial charge in [0.1, 0.15) is 0 Å².